The summed E-state index contributed by atoms with van der Waals surface area (Å²) in [6.45, 7) is 4.10. The van der Waals surface area contributed by atoms with E-state index in [-0.39, 0.29) is 0 Å². The van der Waals surface area contributed by atoms with Crippen molar-refractivity contribution in [2.75, 3.05) is 24.7 Å². The van der Waals surface area contributed by atoms with Crippen molar-refractivity contribution in [3.8, 4) is 17.2 Å². The lowest BCUT2D eigenvalue weighted by molar-refractivity contribution is -0.149. The van der Waals surface area contributed by atoms with Crippen LogP contribution in [0.15, 0.2) is 72.8 Å². The average Bonchev–Trinajstić information content (AvgIpc) is 2.96. The molecule has 6 nitrogen and oxygen atoms in total. The maximum Gasteiger partial charge on any atom is 0.333 e. The first-order valence-corrected chi connectivity index (χ1v) is 10.8. The molecule has 0 spiro atoms. The molecule has 0 saturated heterocycles. The van der Waals surface area contributed by atoms with E-state index in [9.17, 15) is 9.90 Å². The van der Waals surface area contributed by atoms with Crippen LogP contribution in [0.2, 0.25) is 0 Å². The molecule has 1 atom stereocenters. The van der Waals surface area contributed by atoms with Gasteiger partial charge in [0.2, 0.25) is 0 Å². The number of hydrogen-bond donors (Lipinski definition) is 1. The first-order valence-electron chi connectivity index (χ1n) is 10.8. The van der Waals surface area contributed by atoms with Crippen LogP contribution in [0, 0.1) is 0 Å². The third-order valence-electron chi connectivity index (χ3n) is 5.38. The summed E-state index contributed by atoms with van der Waals surface area (Å²) in [6, 6.07) is 23.6. The number of para-hydroxylation sites is 3. The number of benzene rings is 3. The summed E-state index contributed by atoms with van der Waals surface area (Å²) in [6.07, 6.45) is -0.507. The number of anilines is 1. The minimum atomic E-state index is -0.949. The Kier molecular flexibility index (Phi) is 6.92. The van der Waals surface area contributed by atoms with Gasteiger partial charge in [-0.05, 0) is 42.8 Å². The molecule has 1 unspecified atom stereocenters. The highest BCUT2D eigenvalue weighted by molar-refractivity contribution is 5.72. The lowest BCUT2D eigenvalue weighted by Gasteiger charge is -2.24. The molecule has 166 valence electrons. The van der Waals surface area contributed by atoms with E-state index in [1.54, 1.807) is 6.92 Å². The Bertz CT molecular complexity index is 1050. The molecule has 32 heavy (non-hydrogen) atoms. The second-order valence-corrected chi connectivity index (χ2v) is 7.58. The van der Waals surface area contributed by atoms with E-state index in [2.05, 4.69) is 17.0 Å². The standard InChI is InChI=1S/C26H27NO5/c1-2-30-25(26(28)29)17-19-11-13-21(14-12-19)31-16-15-27-18-20-7-3-5-9-23(20)32-24-10-6-4-8-22(24)27/h3-14,25H,2,15-18H2,1H3,(H,28,29). The Morgan fingerprint density at radius 3 is 2.50 bits per heavy atom. The molecule has 6 heteroatoms. The lowest BCUT2D eigenvalue weighted by Crippen LogP contribution is -2.27. The predicted molar refractivity (Wildman–Crippen MR) is 123 cm³/mol. The molecular formula is C26H27NO5. The zero-order chi connectivity index (χ0) is 22.3. The van der Waals surface area contributed by atoms with Gasteiger partial charge < -0.3 is 24.2 Å². The molecule has 0 amide bonds. The highest BCUT2D eigenvalue weighted by Crippen LogP contribution is 2.38. The van der Waals surface area contributed by atoms with E-state index in [1.165, 1.54) is 0 Å². The SMILES string of the molecule is CCOC(Cc1ccc(OCCN2Cc3ccccc3Oc3ccccc32)cc1)C(=O)O. The van der Waals surface area contributed by atoms with E-state index in [1.807, 2.05) is 60.7 Å². The van der Waals surface area contributed by atoms with Crippen molar-refractivity contribution in [2.45, 2.75) is 26.0 Å². The molecule has 1 aliphatic heterocycles. The molecule has 3 aromatic carbocycles. The average molecular weight is 434 g/mol. The summed E-state index contributed by atoms with van der Waals surface area (Å²) in [5.74, 6) is 1.52. The largest absolute Gasteiger partial charge is 0.492 e. The third-order valence-corrected chi connectivity index (χ3v) is 5.38. The number of ether oxygens (including phenoxy) is 3. The molecule has 3 aromatic rings. The number of fused-ring (bicyclic) bond motifs is 2. The lowest BCUT2D eigenvalue weighted by atomic mass is 10.1. The Labute approximate surface area is 188 Å². The second kappa shape index (κ2) is 10.2. The fourth-order valence-corrected chi connectivity index (χ4v) is 3.78. The van der Waals surface area contributed by atoms with Crippen LogP contribution in [0.25, 0.3) is 0 Å². The van der Waals surface area contributed by atoms with Crippen molar-refractivity contribution in [2.24, 2.45) is 0 Å². The van der Waals surface area contributed by atoms with Crippen molar-refractivity contribution in [3.05, 3.63) is 83.9 Å². The second-order valence-electron chi connectivity index (χ2n) is 7.58. The van der Waals surface area contributed by atoms with Gasteiger partial charge in [0.1, 0.15) is 18.1 Å². The van der Waals surface area contributed by atoms with Gasteiger partial charge in [0.25, 0.3) is 0 Å². The van der Waals surface area contributed by atoms with Crippen molar-refractivity contribution < 1.29 is 24.1 Å². The van der Waals surface area contributed by atoms with Gasteiger partial charge in [0, 0.05) is 25.1 Å². The highest BCUT2D eigenvalue weighted by atomic mass is 16.5. The fourth-order valence-electron chi connectivity index (χ4n) is 3.78. The zero-order valence-electron chi connectivity index (χ0n) is 18.1. The Balaban J connectivity index is 1.38. The molecule has 0 fully saturated rings. The number of carboxylic acids is 1. The molecule has 1 N–H and O–H groups in total. The van der Waals surface area contributed by atoms with Crippen LogP contribution in [0.4, 0.5) is 5.69 Å². The summed E-state index contributed by atoms with van der Waals surface area (Å²) in [5.41, 5.74) is 3.07. The maximum atomic E-state index is 11.3. The van der Waals surface area contributed by atoms with Crippen molar-refractivity contribution in [3.63, 3.8) is 0 Å². The van der Waals surface area contributed by atoms with E-state index in [0.29, 0.717) is 26.2 Å². The van der Waals surface area contributed by atoms with Gasteiger partial charge in [-0.15, -0.1) is 0 Å². The van der Waals surface area contributed by atoms with Gasteiger partial charge in [0.05, 0.1) is 12.2 Å². The fraction of sp³-hybridized carbons (Fsp3) is 0.269. The Hall–Kier alpha value is -3.51. The van der Waals surface area contributed by atoms with Crippen molar-refractivity contribution in [1.82, 2.24) is 0 Å². The van der Waals surface area contributed by atoms with Gasteiger partial charge in [-0.25, -0.2) is 4.79 Å². The van der Waals surface area contributed by atoms with Crippen LogP contribution in [-0.2, 0) is 22.5 Å². The molecule has 0 aliphatic carbocycles. The number of rotatable bonds is 9. The zero-order valence-corrected chi connectivity index (χ0v) is 18.1. The number of hydrogen-bond acceptors (Lipinski definition) is 5. The van der Waals surface area contributed by atoms with Crippen LogP contribution in [0.1, 0.15) is 18.1 Å². The van der Waals surface area contributed by atoms with Gasteiger partial charge in [-0.1, -0.05) is 42.5 Å². The van der Waals surface area contributed by atoms with Crippen molar-refractivity contribution >= 4 is 11.7 Å². The predicted octanol–water partition coefficient (Wildman–Crippen LogP) is 4.91. The van der Waals surface area contributed by atoms with Crippen LogP contribution >= 0.6 is 0 Å². The monoisotopic (exact) mass is 433 g/mol. The molecule has 0 bridgehead atoms. The highest BCUT2D eigenvalue weighted by Gasteiger charge is 2.20. The molecule has 1 heterocycles. The Morgan fingerprint density at radius 1 is 1.03 bits per heavy atom. The summed E-state index contributed by atoms with van der Waals surface area (Å²) < 4.78 is 17.4. The van der Waals surface area contributed by atoms with Gasteiger partial charge in [0.15, 0.2) is 11.9 Å². The first kappa shape index (κ1) is 21.7. The van der Waals surface area contributed by atoms with Crippen molar-refractivity contribution in [1.29, 1.82) is 0 Å². The topological polar surface area (TPSA) is 68.2 Å². The van der Waals surface area contributed by atoms with Gasteiger partial charge in [-0.3, -0.25) is 0 Å². The summed E-state index contributed by atoms with van der Waals surface area (Å²) in [5, 5.41) is 9.25. The summed E-state index contributed by atoms with van der Waals surface area (Å²) >= 11 is 0. The molecular weight excluding hydrogens is 406 g/mol. The van der Waals surface area contributed by atoms with Crippen LogP contribution in [-0.4, -0.2) is 36.9 Å². The number of carboxylic acid groups (broad SMARTS) is 1. The molecule has 0 saturated carbocycles. The van der Waals surface area contributed by atoms with E-state index < -0.39 is 12.1 Å². The molecule has 1 aliphatic rings. The number of aliphatic carboxylic acids is 1. The number of nitrogens with zero attached hydrogens (tertiary/aromatic N) is 1. The smallest absolute Gasteiger partial charge is 0.333 e. The van der Waals surface area contributed by atoms with E-state index in [0.717, 1.165) is 40.6 Å². The van der Waals surface area contributed by atoms with E-state index >= 15 is 0 Å². The first-order chi connectivity index (χ1) is 15.6. The third kappa shape index (κ3) is 5.21. The number of carbonyl (C=O) groups is 1. The molecule has 4 rings (SSSR count). The summed E-state index contributed by atoms with van der Waals surface area (Å²) in [4.78, 5) is 13.5. The minimum absolute atomic E-state index is 0.327. The molecule has 0 radical (unpaired) electrons. The van der Waals surface area contributed by atoms with Gasteiger partial charge >= 0.3 is 5.97 Å². The minimum Gasteiger partial charge on any atom is -0.492 e. The van der Waals surface area contributed by atoms with Crippen LogP contribution < -0.4 is 14.4 Å². The van der Waals surface area contributed by atoms with E-state index in [4.69, 9.17) is 14.2 Å². The van der Waals surface area contributed by atoms with Gasteiger partial charge in [-0.2, -0.15) is 0 Å². The molecule has 0 aromatic heterocycles. The Morgan fingerprint density at radius 2 is 1.75 bits per heavy atom. The van der Waals surface area contributed by atoms with Crippen LogP contribution in [0.5, 0.6) is 17.2 Å². The summed E-state index contributed by atoms with van der Waals surface area (Å²) in [7, 11) is 0. The quantitative estimate of drug-likeness (QED) is 0.517. The van der Waals surface area contributed by atoms with Crippen LogP contribution in [0.3, 0.4) is 0 Å². The normalized spacial score (nSPS) is 13.3. The maximum absolute atomic E-state index is 11.3.